The minimum atomic E-state index is -1.12. The van der Waals surface area contributed by atoms with Crippen LogP contribution >= 0.6 is 0 Å². The van der Waals surface area contributed by atoms with Crippen LogP contribution in [-0.4, -0.2) is 17.0 Å². The number of benzene rings is 1. The maximum absolute atomic E-state index is 11.6. The molecule has 1 aromatic rings. The molecule has 1 amide bonds. The van der Waals surface area contributed by atoms with Crippen LogP contribution in [0.3, 0.4) is 0 Å². The molecular weight excluding hydrogens is 230 g/mol. The summed E-state index contributed by atoms with van der Waals surface area (Å²) in [5, 5.41) is 11.3. The van der Waals surface area contributed by atoms with Crippen LogP contribution in [0.15, 0.2) is 36.4 Å². The molecule has 0 aromatic heterocycles. The van der Waals surface area contributed by atoms with Crippen LogP contribution in [0.25, 0.3) is 0 Å². The number of carbonyl (C=O) groups is 2. The highest BCUT2D eigenvalue weighted by Gasteiger charge is 2.20. The van der Waals surface area contributed by atoms with Crippen molar-refractivity contribution in [1.82, 2.24) is 5.32 Å². The van der Waals surface area contributed by atoms with E-state index in [0.29, 0.717) is 0 Å². The van der Waals surface area contributed by atoms with Crippen molar-refractivity contribution in [3.63, 3.8) is 0 Å². The molecule has 0 aliphatic heterocycles. The molecule has 1 aliphatic rings. The maximum atomic E-state index is 11.6. The second-order valence-electron chi connectivity index (χ2n) is 4.32. The number of nitrogens with one attached hydrogen (secondary N) is 1. The van der Waals surface area contributed by atoms with Crippen molar-refractivity contribution in [3.05, 3.63) is 47.5 Å². The van der Waals surface area contributed by atoms with Gasteiger partial charge in [-0.3, -0.25) is 4.79 Å². The summed E-state index contributed by atoms with van der Waals surface area (Å²) in [6.07, 6.45) is 4.87. The topological polar surface area (TPSA) is 66.4 Å². The molecule has 4 heteroatoms. The first kappa shape index (κ1) is 12.4. The fraction of sp³-hybridized carbons (Fsp3) is 0.286. The van der Waals surface area contributed by atoms with Crippen LogP contribution in [0, 0.1) is 0 Å². The second kappa shape index (κ2) is 5.49. The Hall–Kier alpha value is -2.10. The molecule has 0 saturated heterocycles. The molecule has 2 N–H and O–H groups in total. The SMILES string of the molecule is O=C(O)/C=C/C(=O)NC1CCCc2ccccc21. The van der Waals surface area contributed by atoms with Gasteiger partial charge in [-0.25, -0.2) is 4.79 Å². The zero-order chi connectivity index (χ0) is 13.0. The summed E-state index contributed by atoms with van der Waals surface area (Å²) in [6.45, 7) is 0. The van der Waals surface area contributed by atoms with Crippen molar-refractivity contribution in [3.8, 4) is 0 Å². The van der Waals surface area contributed by atoms with Crippen molar-refractivity contribution in [2.45, 2.75) is 25.3 Å². The average Bonchev–Trinajstić information content (AvgIpc) is 2.37. The predicted molar refractivity (Wildman–Crippen MR) is 67.0 cm³/mol. The first-order valence-corrected chi connectivity index (χ1v) is 5.96. The molecule has 0 bridgehead atoms. The third-order valence-electron chi connectivity index (χ3n) is 3.06. The molecule has 1 atom stereocenters. The number of hydrogen-bond acceptors (Lipinski definition) is 2. The molecule has 0 heterocycles. The van der Waals surface area contributed by atoms with Crippen LogP contribution in [0.1, 0.15) is 30.0 Å². The lowest BCUT2D eigenvalue weighted by Gasteiger charge is -2.25. The lowest BCUT2D eigenvalue weighted by Crippen LogP contribution is -2.29. The summed E-state index contributed by atoms with van der Waals surface area (Å²) in [7, 11) is 0. The second-order valence-corrected chi connectivity index (χ2v) is 4.32. The summed E-state index contributed by atoms with van der Waals surface area (Å²) in [6, 6.07) is 8.02. The van der Waals surface area contributed by atoms with Crippen molar-refractivity contribution in [1.29, 1.82) is 0 Å². The van der Waals surface area contributed by atoms with Gasteiger partial charge in [0.05, 0.1) is 6.04 Å². The monoisotopic (exact) mass is 245 g/mol. The first-order valence-electron chi connectivity index (χ1n) is 5.96. The van der Waals surface area contributed by atoms with E-state index in [0.717, 1.165) is 37.0 Å². The van der Waals surface area contributed by atoms with E-state index in [-0.39, 0.29) is 11.9 Å². The van der Waals surface area contributed by atoms with E-state index in [1.807, 2.05) is 18.2 Å². The van der Waals surface area contributed by atoms with E-state index < -0.39 is 5.97 Å². The van der Waals surface area contributed by atoms with Gasteiger partial charge in [-0.1, -0.05) is 24.3 Å². The summed E-state index contributed by atoms with van der Waals surface area (Å²) in [5.41, 5.74) is 2.40. The van der Waals surface area contributed by atoms with Crippen LogP contribution in [0.2, 0.25) is 0 Å². The fourth-order valence-electron chi connectivity index (χ4n) is 2.27. The van der Waals surface area contributed by atoms with Gasteiger partial charge in [-0.05, 0) is 30.4 Å². The number of fused-ring (bicyclic) bond motifs is 1. The zero-order valence-electron chi connectivity index (χ0n) is 9.93. The molecule has 1 aromatic carbocycles. The Balaban J connectivity index is 2.07. The average molecular weight is 245 g/mol. The Morgan fingerprint density at radius 1 is 1.28 bits per heavy atom. The number of rotatable bonds is 3. The number of aliphatic carboxylic acids is 1. The van der Waals surface area contributed by atoms with E-state index in [1.165, 1.54) is 5.56 Å². The van der Waals surface area contributed by atoms with Crippen LogP contribution in [-0.2, 0) is 16.0 Å². The third kappa shape index (κ3) is 2.97. The molecular formula is C14H15NO3. The molecule has 1 aliphatic carbocycles. The highest BCUT2D eigenvalue weighted by atomic mass is 16.4. The van der Waals surface area contributed by atoms with E-state index in [9.17, 15) is 9.59 Å². The summed E-state index contributed by atoms with van der Waals surface area (Å²) >= 11 is 0. The summed E-state index contributed by atoms with van der Waals surface area (Å²) in [5.74, 6) is -1.48. The van der Waals surface area contributed by atoms with Gasteiger partial charge < -0.3 is 10.4 Å². The summed E-state index contributed by atoms with van der Waals surface area (Å²) < 4.78 is 0. The van der Waals surface area contributed by atoms with Crippen molar-refractivity contribution in [2.75, 3.05) is 0 Å². The molecule has 0 radical (unpaired) electrons. The van der Waals surface area contributed by atoms with Crippen molar-refractivity contribution < 1.29 is 14.7 Å². The maximum Gasteiger partial charge on any atom is 0.328 e. The van der Waals surface area contributed by atoms with Crippen molar-refractivity contribution >= 4 is 11.9 Å². The molecule has 2 rings (SSSR count). The Morgan fingerprint density at radius 3 is 2.83 bits per heavy atom. The largest absolute Gasteiger partial charge is 0.478 e. The number of carboxylic acid groups (broad SMARTS) is 1. The minimum absolute atomic E-state index is 0.0131. The molecule has 0 saturated carbocycles. The lowest BCUT2D eigenvalue weighted by atomic mass is 9.88. The normalized spacial score (nSPS) is 18.3. The Kier molecular flexibility index (Phi) is 3.77. The highest BCUT2D eigenvalue weighted by molar-refractivity contribution is 5.94. The van der Waals surface area contributed by atoms with Gasteiger partial charge in [0.1, 0.15) is 0 Å². The number of carboxylic acids is 1. The fourth-order valence-corrected chi connectivity index (χ4v) is 2.27. The van der Waals surface area contributed by atoms with Crippen LogP contribution in [0.4, 0.5) is 0 Å². The van der Waals surface area contributed by atoms with E-state index in [4.69, 9.17) is 5.11 Å². The zero-order valence-corrected chi connectivity index (χ0v) is 9.93. The number of aryl methyl sites for hydroxylation is 1. The lowest BCUT2D eigenvalue weighted by molar-refractivity contribution is -0.131. The number of amides is 1. The highest BCUT2D eigenvalue weighted by Crippen LogP contribution is 2.29. The smallest absolute Gasteiger partial charge is 0.328 e. The van der Waals surface area contributed by atoms with Gasteiger partial charge in [0.25, 0.3) is 0 Å². The molecule has 1 unspecified atom stereocenters. The van der Waals surface area contributed by atoms with Gasteiger partial charge in [0.2, 0.25) is 5.91 Å². The molecule has 0 fully saturated rings. The first-order chi connectivity index (χ1) is 8.66. The van der Waals surface area contributed by atoms with Crippen LogP contribution < -0.4 is 5.32 Å². The van der Waals surface area contributed by atoms with E-state index in [2.05, 4.69) is 11.4 Å². The molecule has 94 valence electrons. The van der Waals surface area contributed by atoms with Gasteiger partial charge in [0, 0.05) is 12.2 Å². The Morgan fingerprint density at radius 2 is 2.06 bits per heavy atom. The van der Waals surface area contributed by atoms with Gasteiger partial charge in [-0.2, -0.15) is 0 Å². The van der Waals surface area contributed by atoms with Crippen LogP contribution in [0.5, 0.6) is 0 Å². The third-order valence-corrected chi connectivity index (χ3v) is 3.06. The Labute approximate surface area is 105 Å². The number of carbonyl (C=O) groups excluding carboxylic acids is 1. The van der Waals surface area contributed by atoms with Gasteiger partial charge in [-0.15, -0.1) is 0 Å². The minimum Gasteiger partial charge on any atom is -0.478 e. The standard InChI is InChI=1S/C14H15NO3/c16-13(8-9-14(17)18)15-12-7-3-5-10-4-1-2-6-11(10)12/h1-2,4,6,8-9,12H,3,5,7H2,(H,15,16)(H,17,18)/b9-8+. The van der Waals surface area contributed by atoms with E-state index >= 15 is 0 Å². The molecule has 0 spiro atoms. The molecule has 18 heavy (non-hydrogen) atoms. The van der Waals surface area contributed by atoms with Crippen molar-refractivity contribution in [2.24, 2.45) is 0 Å². The predicted octanol–water partition coefficient (Wildman–Crippen LogP) is 1.82. The molecule has 4 nitrogen and oxygen atoms in total. The quantitative estimate of drug-likeness (QED) is 0.798. The van der Waals surface area contributed by atoms with Gasteiger partial charge in [0.15, 0.2) is 0 Å². The summed E-state index contributed by atoms with van der Waals surface area (Å²) in [4.78, 5) is 21.9. The Bertz CT molecular complexity index is 494. The number of hydrogen-bond donors (Lipinski definition) is 2. The van der Waals surface area contributed by atoms with E-state index in [1.54, 1.807) is 0 Å². The van der Waals surface area contributed by atoms with Gasteiger partial charge >= 0.3 is 5.97 Å².